The molecule has 128 valence electrons. The molecule has 1 aromatic rings. The van der Waals surface area contributed by atoms with E-state index in [1.807, 2.05) is 32.9 Å². The molecule has 1 unspecified atom stereocenters. The number of esters is 1. The molecule has 0 spiro atoms. The average Bonchev–Trinajstić information content (AvgIpc) is 2.46. The Labute approximate surface area is 142 Å². The van der Waals surface area contributed by atoms with Crippen LogP contribution in [-0.2, 0) is 19.0 Å². The van der Waals surface area contributed by atoms with E-state index in [-0.39, 0.29) is 23.6 Å². The number of thioether (sulfide) groups is 1. The summed E-state index contributed by atoms with van der Waals surface area (Å²) in [7, 11) is 0. The van der Waals surface area contributed by atoms with Gasteiger partial charge in [0.25, 0.3) is 0 Å². The molecule has 3 atom stereocenters. The molecule has 0 amide bonds. The average molecular weight is 338 g/mol. The van der Waals surface area contributed by atoms with Crippen molar-refractivity contribution in [3.63, 3.8) is 0 Å². The highest BCUT2D eigenvalue weighted by atomic mass is 32.2. The van der Waals surface area contributed by atoms with E-state index in [0.29, 0.717) is 0 Å². The number of carbonyl (C=O) groups excluding carboxylic acids is 1. The summed E-state index contributed by atoms with van der Waals surface area (Å²) in [6.07, 6.45) is 1.54. The van der Waals surface area contributed by atoms with Crippen LogP contribution in [0.5, 0.6) is 0 Å². The second kappa shape index (κ2) is 7.69. The maximum Gasteiger partial charge on any atom is 0.303 e. The van der Waals surface area contributed by atoms with Crippen molar-refractivity contribution in [2.24, 2.45) is 0 Å². The number of rotatable bonds is 5. The molecule has 0 radical (unpaired) electrons. The van der Waals surface area contributed by atoms with Gasteiger partial charge in [-0.3, -0.25) is 4.79 Å². The predicted octanol–water partition coefficient (Wildman–Crippen LogP) is 4.30. The van der Waals surface area contributed by atoms with Crippen molar-refractivity contribution in [1.82, 2.24) is 0 Å². The molecule has 1 fully saturated rings. The Kier molecular flexibility index (Phi) is 6.12. The van der Waals surface area contributed by atoms with E-state index < -0.39 is 5.79 Å². The molecule has 0 aromatic heterocycles. The lowest BCUT2D eigenvalue weighted by atomic mass is 10.1. The molecule has 2 rings (SSSR count). The number of hydrogen-bond acceptors (Lipinski definition) is 5. The largest absolute Gasteiger partial charge is 0.448 e. The van der Waals surface area contributed by atoms with Crippen LogP contribution < -0.4 is 0 Å². The van der Waals surface area contributed by atoms with E-state index in [9.17, 15) is 4.79 Å². The first-order valence-corrected chi connectivity index (χ1v) is 8.93. The van der Waals surface area contributed by atoms with Crippen LogP contribution in [0.25, 0.3) is 0 Å². The van der Waals surface area contributed by atoms with Crippen molar-refractivity contribution < 1.29 is 19.0 Å². The van der Waals surface area contributed by atoms with E-state index >= 15 is 0 Å². The molecule has 1 aliphatic heterocycles. The fraction of sp³-hybridized carbons (Fsp3) is 0.611. The van der Waals surface area contributed by atoms with Crippen LogP contribution in [-0.4, -0.2) is 29.4 Å². The Morgan fingerprint density at radius 2 is 2.00 bits per heavy atom. The van der Waals surface area contributed by atoms with Gasteiger partial charge in [-0.25, -0.2) is 0 Å². The topological polar surface area (TPSA) is 44.8 Å². The highest BCUT2D eigenvalue weighted by Gasteiger charge is 2.40. The number of hydrogen-bond donors (Lipinski definition) is 0. The van der Waals surface area contributed by atoms with Crippen LogP contribution in [0.2, 0.25) is 0 Å². The quantitative estimate of drug-likeness (QED) is 0.455. The summed E-state index contributed by atoms with van der Waals surface area (Å²) in [5.41, 5.74) is 0.820. The lowest BCUT2D eigenvalue weighted by Gasteiger charge is -2.42. The molecule has 4 nitrogen and oxygen atoms in total. The van der Waals surface area contributed by atoms with E-state index in [1.54, 1.807) is 0 Å². The molecule has 0 saturated carbocycles. The zero-order valence-corrected chi connectivity index (χ0v) is 15.3. The molecule has 1 aromatic carbocycles. The molecule has 0 aliphatic carbocycles. The van der Waals surface area contributed by atoms with Crippen molar-refractivity contribution in [2.75, 3.05) is 0 Å². The molecule has 23 heavy (non-hydrogen) atoms. The summed E-state index contributed by atoms with van der Waals surface area (Å²) < 4.78 is 17.5. The maximum atomic E-state index is 11.5. The third-order valence-electron chi connectivity index (χ3n) is 3.70. The van der Waals surface area contributed by atoms with Crippen molar-refractivity contribution in [1.29, 1.82) is 0 Å². The normalized spacial score (nSPS) is 24.9. The Morgan fingerprint density at radius 1 is 1.35 bits per heavy atom. The standard InChI is InChI=1S/C18H26O4S/c1-6-14-11-16(22-18(4,5)21-14)17(20-13(3)19)23-15-9-7-12(2)8-10-15/h7-10,14,16-17H,6,11H2,1-5H3/t14-,16-,17?/m1/s1. The Balaban J connectivity index is 2.16. The summed E-state index contributed by atoms with van der Waals surface area (Å²) in [6, 6.07) is 8.18. The number of carbonyl (C=O) groups is 1. The lowest BCUT2D eigenvalue weighted by Crippen LogP contribution is -2.48. The molecular formula is C18H26O4S. The minimum atomic E-state index is -0.671. The highest BCUT2D eigenvalue weighted by Crippen LogP contribution is 2.36. The van der Waals surface area contributed by atoms with Crippen molar-refractivity contribution in [2.45, 2.75) is 75.8 Å². The second-order valence-electron chi connectivity index (χ2n) is 6.35. The fourth-order valence-corrected chi connectivity index (χ4v) is 3.72. The van der Waals surface area contributed by atoms with E-state index in [2.05, 4.69) is 19.1 Å². The summed E-state index contributed by atoms with van der Waals surface area (Å²) in [4.78, 5) is 12.6. The predicted molar refractivity (Wildman–Crippen MR) is 91.3 cm³/mol. The minimum absolute atomic E-state index is 0.112. The van der Waals surface area contributed by atoms with Crippen LogP contribution in [0.15, 0.2) is 29.2 Å². The zero-order chi connectivity index (χ0) is 17.0. The summed E-state index contributed by atoms with van der Waals surface area (Å²) in [5, 5.41) is 0. The van der Waals surface area contributed by atoms with Gasteiger partial charge in [-0.1, -0.05) is 36.4 Å². The number of aryl methyl sites for hydroxylation is 1. The first kappa shape index (κ1) is 18.3. The minimum Gasteiger partial charge on any atom is -0.448 e. The van der Waals surface area contributed by atoms with Crippen molar-refractivity contribution >= 4 is 17.7 Å². The van der Waals surface area contributed by atoms with Gasteiger partial charge in [0.2, 0.25) is 0 Å². The molecular weight excluding hydrogens is 312 g/mol. The van der Waals surface area contributed by atoms with Crippen molar-refractivity contribution in [3.8, 4) is 0 Å². The summed E-state index contributed by atoms with van der Waals surface area (Å²) in [5.74, 6) is -0.967. The van der Waals surface area contributed by atoms with E-state index in [1.165, 1.54) is 24.2 Å². The Morgan fingerprint density at radius 3 is 2.57 bits per heavy atom. The lowest BCUT2D eigenvalue weighted by molar-refractivity contribution is -0.307. The first-order chi connectivity index (χ1) is 10.8. The van der Waals surface area contributed by atoms with Crippen LogP contribution in [0, 0.1) is 6.92 Å². The van der Waals surface area contributed by atoms with Gasteiger partial charge >= 0.3 is 5.97 Å². The van der Waals surface area contributed by atoms with Gasteiger partial charge in [0, 0.05) is 18.2 Å². The third-order valence-corrected chi connectivity index (χ3v) is 4.87. The first-order valence-electron chi connectivity index (χ1n) is 8.05. The summed E-state index contributed by atoms with van der Waals surface area (Å²) in [6.45, 7) is 9.39. The van der Waals surface area contributed by atoms with Crippen LogP contribution in [0.1, 0.15) is 46.1 Å². The van der Waals surface area contributed by atoms with Crippen LogP contribution in [0.3, 0.4) is 0 Å². The molecule has 5 heteroatoms. The van der Waals surface area contributed by atoms with Crippen molar-refractivity contribution in [3.05, 3.63) is 29.8 Å². The SMILES string of the molecule is CC[C@@H]1C[C@H](C(OC(C)=O)Sc2ccc(C)cc2)OC(C)(C)O1. The van der Waals surface area contributed by atoms with Crippen LogP contribution in [0.4, 0.5) is 0 Å². The van der Waals surface area contributed by atoms with Gasteiger partial charge in [-0.2, -0.15) is 0 Å². The van der Waals surface area contributed by atoms with Gasteiger partial charge in [0.1, 0.15) is 6.10 Å². The van der Waals surface area contributed by atoms with E-state index in [0.717, 1.165) is 17.7 Å². The Hall–Kier alpha value is -1.04. The fourth-order valence-electron chi connectivity index (χ4n) is 2.66. The smallest absolute Gasteiger partial charge is 0.303 e. The van der Waals surface area contributed by atoms with Gasteiger partial charge in [0.05, 0.1) is 6.10 Å². The molecule has 1 heterocycles. The monoisotopic (exact) mass is 338 g/mol. The van der Waals surface area contributed by atoms with Crippen LogP contribution >= 0.6 is 11.8 Å². The van der Waals surface area contributed by atoms with Gasteiger partial charge in [0.15, 0.2) is 11.2 Å². The number of benzene rings is 1. The molecule has 1 saturated heterocycles. The molecule has 0 bridgehead atoms. The maximum absolute atomic E-state index is 11.5. The molecule has 1 aliphatic rings. The van der Waals surface area contributed by atoms with Gasteiger partial charge in [-0.15, -0.1) is 0 Å². The van der Waals surface area contributed by atoms with E-state index in [4.69, 9.17) is 14.2 Å². The van der Waals surface area contributed by atoms with Gasteiger partial charge < -0.3 is 14.2 Å². The Bertz CT molecular complexity index is 526. The molecule has 0 N–H and O–H groups in total. The summed E-state index contributed by atoms with van der Waals surface area (Å²) >= 11 is 1.52. The highest BCUT2D eigenvalue weighted by molar-refractivity contribution is 7.99. The zero-order valence-electron chi connectivity index (χ0n) is 14.5. The third kappa shape index (κ3) is 5.52. The van der Waals surface area contributed by atoms with Gasteiger partial charge in [-0.05, 0) is 39.3 Å². The second-order valence-corrected chi connectivity index (χ2v) is 7.52. The number of ether oxygens (including phenoxy) is 3.